The number of carbonyl (C=O) groups is 1. The lowest BCUT2D eigenvalue weighted by atomic mass is 9.74. The maximum atomic E-state index is 12.0. The van der Waals surface area contributed by atoms with E-state index in [1.165, 1.54) is 0 Å². The number of amides is 1. The zero-order valence-corrected chi connectivity index (χ0v) is 14.3. The SMILES string of the molecule is CCCCNC(=O)C(C)OC1(CN)CCC(C(C)C)CC1. The zero-order chi connectivity index (χ0) is 15.9. The fourth-order valence-corrected chi connectivity index (χ4v) is 3.16. The van der Waals surface area contributed by atoms with Crippen LogP contribution in [0.2, 0.25) is 0 Å². The minimum atomic E-state index is -0.416. The average molecular weight is 298 g/mol. The minimum Gasteiger partial charge on any atom is -0.361 e. The lowest BCUT2D eigenvalue weighted by molar-refractivity contribution is -0.151. The predicted octanol–water partition coefficient (Wildman–Crippen LogP) is 2.85. The topological polar surface area (TPSA) is 64.3 Å². The molecule has 0 aromatic carbocycles. The summed E-state index contributed by atoms with van der Waals surface area (Å²) in [5.41, 5.74) is 5.67. The fourth-order valence-electron chi connectivity index (χ4n) is 3.16. The van der Waals surface area contributed by atoms with E-state index >= 15 is 0 Å². The maximum absolute atomic E-state index is 12.0. The van der Waals surface area contributed by atoms with Crippen molar-refractivity contribution < 1.29 is 9.53 Å². The molecule has 1 rings (SSSR count). The van der Waals surface area contributed by atoms with Gasteiger partial charge in [-0.1, -0.05) is 27.2 Å². The second-order valence-corrected chi connectivity index (χ2v) is 6.87. The number of nitrogens with two attached hydrogens (primary N) is 1. The van der Waals surface area contributed by atoms with Crippen LogP contribution in [0.15, 0.2) is 0 Å². The molecule has 0 radical (unpaired) electrons. The fraction of sp³-hybridized carbons (Fsp3) is 0.941. The molecule has 1 aliphatic carbocycles. The summed E-state index contributed by atoms with van der Waals surface area (Å²) >= 11 is 0. The summed E-state index contributed by atoms with van der Waals surface area (Å²) in [6, 6.07) is 0. The van der Waals surface area contributed by atoms with Crippen molar-refractivity contribution in [2.75, 3.05) is 13.1 Å². The highest BCUT2D eigenvalue weighted by Gasteiger charge is 2.38. The summed E-state index contributed by atoms with van der Waals surface area (Å²) in [6.45, 7) is 9.75. The first-order chi connectivity index (χ1) is 9.94. The van der Waals surface area contributed by atoms with E-state index in [1.807, 2.05) is 6.92 Å². The normalized spacial score (nSPS) is 27.6. The van der Waals surface area contributed by atoms with Crippen LogP contribution < -0.4 is 11.1 Å². The first-order valence-corrected chi connectivity index (χ1v) is 8.59. The van der Waals surface area contributed by atoms with Crippen molar-refractivity contribution in [1.29, 1.82) is 0 Å². The Labute approximate surface area is 130 Å². The second kappa shape index (κ2) is 8.74. The molecule has 1 aliphatic rings. The van der Waals surface area contributed by atoms with E-state index in [-0.39, 0.29) is 11.5 Å². The van der Waals surface area contributed by atoms with Gasteiger partial charge in [0.25, 0.3) is 0 Å². The molecule has 4 heteroatoms. The number of rotatable bonds is 8. The first-order valence-electron chi connectivity index (χ1n) is 8.59. The van der Waals surface area contributed by atoms with Crippen LogP contribution in [0.25, 0.3) is 0 Å². The number of hydrogen-bond donors (Lipinski definition) is 2. The molecule has 0 aromatic heterocycles. The Balaban J connectivity index is 2.48. The van der Waals surface area contributed by atoms with Crippen LogP contribution in [0.3, 0.4) is 0 Å². The highest BCUT2D eigenvalue weighted by Crippen LogP contribution is 2.38. The van der Waals surface area contributed by atoms with E-state index in [4.69, 9.17) is 10.5 Å². The molecule has 0 heterocycles. The van der Waals surface area contributed by atoms with Crippen molar-refractivity contribution in [1.82, 2.24) is 5.32 Å². The lowest BCUT2D eigenvalue weighted by Gasteiger charge is -2.41. The molecule has 0 saturated heterocycles. The number of ether oxygens (including phenoxy) is 1. The molecule has 21 heavy (non-hydrogen) atoms. The molecule has 1 amide bonds. The molecule has 3 N–H and O–H groups in total. The molecule has 1 atom stereocenters. The van der Waals surface area contributed by atoms with Gasteiger partial charge in [-0.2, -0.15) is 0 Å². The van der Waals surface area contributed by atoms with Crippen LogP contribution in [0, 0.1) is 11.8 Å². The van der Waals surface area contributed by atoms with Gasteiger partial charge in [0.05, 0.1) is 5.60 Å². The quantitative estimate of drug-likeness (QED) is 0.677. The van der Waals surface area contributed by atoms with Gasteiger partial charge < -0.3 is 15.8 Å². The second-order valence-electron chi connectivity index (χ2n) is 6.87. The van der Waals surface area contributed by atoms with Crippen molar-refractivity contribution in [2.45, 2.75) is 77.9 Å². The lowest BCUT2D eigenvalue weighted by Crippen LogP contribution is -2.49. The number of carbonyl (C=O) groups excluding carboxylic acids is 1. The van der Waals surface area contributed by atoms with Crippen LogP contribution in [-0.4, -0.2) is 30.7 Å². The van der Waals surface area contributed by atoms with Crippen LogP contribution in [0.5, 0.6) is 0 Å². The van der Waals surface area contributed by atoms with Gasteiger partial charge in [0.15, 0.2) is 0 Å². The molecule has 0 spiro atoms. The van der Waals surface area contributed by atoms with Crippen molar-refractivity contribution in [3.05, 3.63) is 0 Å². The Morgan fingerprint density at radius 2 is 1.95 bits per heavy atom. The largest absolute Gasteiger partial charge is 0.361 e. The Hall–Kier alpha value is -0.610. The molecule has 1 fully saturated rings. The van der Waals surface area contributed by atoms with Gasteiger partial charge >= 0.3 is 0 Å². The molecule has 1 unspecified atom stereocenters. The van der Waals surface area contributed by atoms with E-state index in [2.05, 4.69) is 26.1 Å². The standard InChI is InChI=1S/C17H34N2O2/c1-5-6-11-19-16(20)14(4)21-17(12-18)9-7-15(8-10-17)13(2)3/h13-15H,5-12,18H2,1-4H3,(H,19,20). The van der Waals surface area contributed by atoms with Gasteiger partial charge in [-0.25, -0.2) is 0 Å². The van der Waals surface area contributed by atoms with Crippen LogP contribution in [0.1, 0.15) is 66.2 Å². The van der Waals surface area contributed by atoms with Crippen LogP contribution >= 0.6 is 0 Å². The monoisotopic (exact) mass is 298 g/mol. The molecular weight excluding hydrogens is 264 g/mol. The van der Waals surface area contributed by atoms with E-state index in [0.29, 0.717) is 6.54 Å². The van der Waals surface area contributed by atoms with E-state index < -0.39 is 6.10 Å². The van der Waals surface area contributed by atoms with Gasteiger partial charge in [0.2, 0.25) is 5.91 Å². The van der Waals surface area contributed by atoms with E-state index in [9.17, 15) is 4.79 Å². The molecular formula is C17H34N2O2. The number of hydrogen-bond acceptors (Lipinski definition) is 3. The van der Waals surface area contributed by atoms with Gasteiger partial charge in [-0.3, -0.25) is 4.79 Å². The van der Waals surface area contributed by atoms with Gasteiger partial charge in [-0.15, -0.1) is 0 Å². The van der Waals surface area contributed by atoms with Gasteiger partial charge in [-0.05, 0) is 50.9 Å². The van der Waals surface area contributed by atoms with E-state index in [1.54, 1.807) is 0 Å². The third kappa shape index (κ3) is 5.59. The maximum Gasteiger partial charge on any atom is 0.248 e. The summed E-state index contributed by atoms with van der Waals surface area (Å²) < 4.78 is 6.11. The van der Waals surface area contributed by atoms with Crippen molar-refractivity contribution in [3.63, 3.8) is 0 Å². The van der Waals surface area contributed by atoms with Crippen molar-refractivity contribution >= 4 is 5.91 Å². The zero-order valence-electron chi connectivity index (χ0n) is 14.3. The Morgan fingerprint density at radius 1 is 1.33 bits per heavy atom. The average Bonchev–Trinajstić information content (AvgIpc) is 2.47. The summed E-state index contributed by atoms with van der Waals surface area (Å²) in [5, 5.41) is 2.94. The van der Waals surface area contributed by atoms with Gasteiger partial charge in [0.1, 0.15) is 6.10 Å². The highest BCUT2D eigenvalue weighted by molar-refractivity contribution is 5.80. The van der Waals surface area contributed by atoms with Crippen molar-refractivity contribution in [3.8, 4) is 0 Å². The Bertz CT molecular complexity index is 310. The summed E-state index contributed by atoms with van der Waals surface area (Å²) in [6.07, 6.45) is 5.92. The van der Waals surface area contributed by atoms with Crippen LogP contribution in [-0.2, 0) is 9.53 Å². The minimum absolute atomic E-state index is 0.0118. The smallest absolute Gasteiger partial charge is 0.248 e. The third-order valence-electron chi connectivity index (χ3n) is 4.88. The molecule has 4 nitrogen and oxygen atoms in total. The number of nitrogens with one attached hydrogen (secondary N) is 1. The Kier molecular flexibility index (Phi) is 7.67. The van der Waals surface area contributed by atoms with Crippen molar-refractivity contribution in [2.24, 2.45) is 17.6 Å². The Morgan fingerprint density at radius 3 is 2.43 bits per heavy atom. The molecule has 0 aromatic rings. The highest BCUT2D eigenvalue weighted by atomic mass is 16.5. The third-order valence-corrected chi connectivity index (χ3v) is 4.88. The van der Waals surface area contributed by atoms with E-state index in [0.717, 1.165) is 56.9 Å². The molecule has 124 valence electrons. The predicted molar refractivity (Wildman–Crippen MR) is 87.0 cm³/mol. The molecule has 0 aliphatic heterocycles. The number of unbranched alkanes of at least 4 members (excludes halogenated alkanes) is 1. The molecule has 1 saturated carbocycles. The van der Waals surface area contributed by atoms with Gasteiger partial charge in [0, 0.05) is 13.1 Å². The summed E-state index contributed by atoms with van der Waals surface area (Å²) in [4.78, 5) is 12.0. The first kappa shape index (κ1) is 18.4. The van der Waals surface area contributed by atoms with Crippen LogP contribution in [0.4, 0.5) is 0 Å². The summed E-state index contributed by atoms with van der Waals surface area (Å²) in [5.74, 6) is 1.47. The summed E-state index contributed by atoms with van der Waals surface area (Å²) in [7, 11) is 0. The molecule has 0 bridgehead atoms.